The molecule has 3 N–H and O–H groups in total. The normalized spacial score (nSPS) is 9.92. The average molecular weight is 175 g/mol. The largest absolute Gasteiger partial charge is 0.308 e. The van der Waals surface area contributed by atoms with Crippen molar-refractivity contribution in [2.75, 3.05) is 5.43 Å². The first-order chi connectivity index (χ1) is 6.40. The number of nitrogen functional groups attached to an aromatic ring is 1. The highest BCUT2D eigenvalue weighted by Gasteiger charge is 1.95. The van der Waals surface area contributed by atoms with Crippen LogP contribution in [0.15, 0.2) is 36.8 Å². The molecule has 0 aliphatic rings. The molecule has 0 bridgehead atoms. The number of rotatable bonds is 2. The molecular formula is C8H9N5. The highest BCUT2D eigenvalue weighted by atomic mass is 15.3. The highest BCUT2D eigenvalue weighted by molar-refractivity contribution is 5.39. The zero-order valence-electron chi connectivity index (χ0n) is 6.88. The maximum Gasteiger partial charge on any atom is 0.140 e. The van der Waals surface area contributed by atoms with Crippen molar-refractivity contribution in [3.05, 3.63) is 36.8 Å². The van der Waals surface area contributed by atoms with E-state index in [4.69, 9.17) is 5.84 Å². The second-order valence-electron chi connectivity index (χ2n) is 2.50. The molecule has 2 aromatic heterocycles. The van der Waals surface area contributed by atoms with Crippen LogP contribution in [0.4, 0.5) is 5.82 Å². The van der Waals surface area contributed by atoms with Crippen molar-refractivity contribution in [1.82, 2.24) is 14.8 Å². The fourth-order valence-electron chi connectivity index (χ4n) is 1.03. The van der Waals surface area contributed by atoms with Crippen LogP contribution in [0, 0.1) is 0 Å². The molecule has 2 heterocycles. The molecule has 2 rings (SSSR count). The van der Waals surface area contributed by atoms with Gasteiger partial charge in [-0.3, -0.25) is 0 Å². The summed E-state index contributed by atoms with van der Waals surface area (Å²) in [6.07, 6.45) is 5.27. The SMILES string of the molecule is NNc1ccc(-n2cccn2)cn1. The van der Waals surface area contributed by atoms with Crippen LogP contribution in [0.2, 0.25) is 0 Å². The van der Waals surface area contributed by atoms with Crippen LogP contribution in [0.25, 0.3) is 5.69 Å². The summed E-state index contributed by atoms with van der Waals surface area (Å²) < 4.78 is 1.73. The van der Waals surface area contributed by atoms with Gasteiger partial charge in [-0.05, 0) is 18.2 Å². The monoisotopic (exact) mass is 175 g/mol. The lowest BCUT2D eigenvalue weighted by atomic mass is 10.4. The lowest BCUT2D eigenvalue weighted by molar-refractivity contribution is 0.874. The third-order valence-electron chi connectivity index (χ3n) is 1.66. The molecule has 5 heteroatoms. The number of hydrazine groups is 1. The summed E-state index contributed by atoms with van der Waals surface area (Å²) in [5, 5.41) is 4.07. The molecule has 0 fully saturated rings. The van der Waals surface area contributed by atoms with Crippen molar-refractivity contribution in [2.45, 2.75) is 0 Å². The quantitative estimate of drug-likeness (QED) is 0.516. The predicted molar refractivity (Wildman–Crippen MR) is 49.2 cm³/mol. The molecule has 0 saturated carbocycles. The van der Waals surface area contributed by atoms with E-state index < -0.39 is 0 Å². The van der Waals surface area contributed by atoms with E-state index in [9.17, 15) is 0 Å². The second kappa shape index (κ2) is 3.24. The smallest absolute Gasteiger partial charge is 0.140 e. The van der Waals surface area contributed by atoms with Crippen molar-refractivity contribution < 1.29 is 0 Å². The molecular weight excluding hydrogens is 166 g/mol. The van der Waals surface area contributed by atoms with E-state index in [0.717, 1.165) is 5.69 Å². The minimum atomic E-state index is 0.635. The van der Waals surface area contributed by atoms with E-state index in [1.165, 1.54) is 0 Å². The van der Waals surface area contributed by atoms with E-state index in [-0.39, 0.29) is 0 Å². The van der Waals surface area contributed by atoms with Crippen LogP contribution in [0.1, 0.15) is 0 Å². The standard InChI is InChI=1S/C8H9N5/c9-12-8-3-2-7(6-10-8)13-5-1-4-11-13/h1-6H,9H2,(H,10,12). The van der Waals surface area contributed by atoms with Gasteiger partial charge in [0.2, 0.25) is 0 Å². The van der Waals surface area contributed by atoms with Crippen molar-refractivity contribution in [3.8, 4) is 5.69 Å². The first-order valence-electron chi connectivity index (χ1n) is 3.83. The average Bonchev–Trinajstić information content (AvgIpc) is 2.71. The van der Waals surface area contributed by atoms with Crippen LogP contribution in [-0.4, -0.2) is 14.8 Å². The third-order valence-corrected chi connectivity index (χ3v) is 1.66. The Morgan fingerprint density at radius 1 is 1.38 bits per heavy atom. The maximum absolute atomic E-state index is 5.18. The highest BCUT2D eigenvalue weighted by Crippen LogP contribution is 2.06. The summed E-state index contributed by atoms with van der Waals surface area (Å²) in [5.74, 6) is 5.82. The zero-order valence-corrected chi connectivity index (χ0v) is 6.88. The number of pyridine rings is 1. The van der Waals surface area contributed by atoms with Crippen LogP contribution in [0.5, 0.6) is 0 Å². The Bertz CT molecular complexity index is 364. The van der Waals surface area contributed by atoms with Gasteiger partial charge < -0.3 is 5.43 Å². The predicted octanol–water partition coefficient (Wildman–Crippen LogP) is 0.553. The number of nitrogens with two attached hydrogens (primary N) is 1. The zero-order chi connectivity index (χ0) is 9.10. The van der Waals surface area contributed by atoms with Gasteiger partial charge in [-0.2, -0.15) is 5.10 Å². The summed E-state index contributed by atoms with van der Waals surface area (Å²) in [4.78, 5) is 4.06. The van der Waals surface area contributed by atoms with E-state index in [1.54, 1.807) is 23.1 Å². The molecule has 0 atom stereocenters. The van der Waals surface area contributed by atoms with Crippen molar-refractivity contribution >= 4 is 5.82 Å². The molecule has 0 saturated heterocycles. The molecule has 0 aliphatic heterocycles. The van der Waals surface area contributed by atoms with Gasteiger partial charge in [0.05, 0.1) is 11.9 Å². The molecule has 0 radical (unpaired) electrons. The summed E-state index contributed by atoms with van der Waals surface area (Å²) in [5.41, 5.74) is 3.37. The first kappa shape index (κ1) is 7.75. The molecule has 2 aromatic rings. The van der Waals surface area contributed by atoms with Gasteiger partial charge in [0.25, 0.3) is 0 Å². The van der Waals surface area contributed by atoms with E-state index >= 15 is 0 Å². The van der Waals surface area contributed by atoms with Crippen LogP contribution < -0.4 is 11.3 Å². The summed E-state index contributed by atoms with van der Waals surface area (Å²) in [6, 6.07) is 5.53. The Labute approximate surface area is 75.2 Å². The summed E-state index contributed by atoms with van der Waals surface area (Å²) in [6.45, 7) is 0. The van der Waals surface area contributed by atoms with Gasteiger partial charge in [-0.25, -0.2) is 15.5 Å². The molecule has 0 aromatic carbocycles. The van der Waals surface area contributed by atoms with E-state index in [0.29, 0.717) is 5.82 Å². The minimum Gasteiger partial charge on any atom is -0.308 e. The Morgan fingerprint density at radius 2 is 2.31 bits per heavy atom. The fraction of sp³-hybridized carbons (Fsp3) is 0. The molecule has 5 nitrogen and oxygen atoms in total. The fourth-order valence-corrected chi connectivity index (χ4v) is 1.03. The Hall–Kier alpha value is -1.88. The van der Waals surface area contributed by atoms with E-state index in [1.807, 2.05) is 18.3 Å². The van der Waals surface area contributed by atoms with Gasteiger partial charge in [0.1, 0.15) is 5.82 Å². The molecule has 0 amide bonds. The number of aromatic nitrogens is 3. The van der Waals surface area contributed by atoms with Gasteiger partial charge in [-0.15, -0.1) is 0 Å². The molecule has 66 valence electrons. The Kier molecular flexibility index (Phi) is 1.93. The molecule has 13 heavy (non-hydrogen) atoms. The summed E-state index contributed by atoms with van der Waals surface area (Å²) in [7, 11) is 0. The first-order valence-corrected chi connectivity index (χ1v) is 3.83. The van der Waals surface area contributed by atoms with Crippen LogP contribution >= 0.6 is 0 Å². The van der Waals surface area contributed by atoms with Gasteiger partial charge in [0, 0.05) is 12.4 Å². The number of nitrogens with one attached hydrogen (secondary N) is 1. The Balaban J connectivity index is 2.33. The van der Waals surface area contributed by atoms with Crippen LogP contribution in [-0.2, 0) is 0 Å². The third kappa shape index (κ3) is 1.50. The van der Waals surface area contributed by atoms with E-state index in [2.05, 4.69) is 15.5 Å². The number of nitrogens with zero attached hydrogens (tertiary/aromatic N) is 3. The topological polar surface area (TPSA) is 68.8 Å². The minimum absolute atomic E-state index is 0.635. The van der Waals surface area contributed by atoms with Crippen molar-refractivity contribution in [1.29, 1.82) is 0 Å². The number of hydrogen-bond acceptors (Lipinski definition) is 4. The van der Waals surface area contributed by atoms with Crippen molar-refractivity contribution in [3.63, 3.8) is 0 Å². The summed E-state index contributed by atoms with van der Waals surface area (Å²) >= 11 is 0. The molecule has 0 aliphatic carbocycles. The van der Waals surface area contributed by atoms with Gasteiger partial charge in [-0.1, -0.05) is 0 Å². The Morgan fingerprint density at radius 3 is 2.85 bits per heavy atom. The molecule has 0 unspecified atom stereocenters. The second-order valence-corrected chi connectivity index (χ2v) is 2.50. The van der Waals surface area contributed by atoms with Crippen LogP contribution in [0.3, 0.4) is 0 Å². The lowest BCUT2D eigenvalue weighted by Crippen LogP contribution is -2.08. The number of anilines is 1. The molecule has 0 spiro atoms. The lowest BCUT2D eigenvalue weighted by Gasteiger charge is -2.01. The maximum atomic E-state index is 5.18. The van der Waals surface area contributed by atoms with Gasteiger partial charge in [0.15, 0.2) is 0 Å². The van der Waals surface area contributed by atoms with Gasteiger partial charge >= 0.3 is 0 Å². The number of hydrogen-bond donors (Lipinski definition) is 2. The van der Waals surface area contributed by atoms with Crippen molar-refractivity contribution in [2.24, 2.45) is 5.84 Å².